The standard InChI is InChI=1S/C9H12N2S/c10-6-7-2-1-3-8-9(7)12-5-4-11-8/h1-3,11H,4-6,10H2. The summed E-state index contributed by atoms with van der Waals surface area (Å²) in [5.74, 6) is 1.14. The van der Waals surface area contributed by atoms with Gasteiger partial charge in [0.2, 0.25) is 0 Å². The molecule has 0 fully saturated rings. The molecule has 12 heavy (non-hydrogen) atoms. The molecule has 64 valence electrons. The molecular formula is C9H12N2S. The number of fused-ring (bicyclic) bond motifs is 1. The van der Waals surface area contributed by atoms with E-state index in [-0.39, 0.29) is 0 Å². The van der Waals surface area contributed by atoms with Gasteiger partial charge >= 0.3 is 0 Å². The molecule has 0 saturated heterocycles. The van der Waals surface area contributed by atoms with Gasteiger partial charge in [0.1, 0.15) is 0 Å². The Morgan fingerprint density at radius 3 is 3.25 bits per heavy atom. The zero-order valence-electron chi connectivity index (χ0n) is 6.84. The molecule has 0 amide bonds. The Morgan fingerprint density at radius 1 is 1.50 bits per heavy atom. The van der Waals surface area contributed by atoms with Crippen LogP contribution in [0.15, 0.2) is 23.1 Å². The van der Waals surface area contributed by atoms with Crippen molar-refractivity contribution in [3.8, 4) is 0 Å². The second kappa shape index (κ2) is 3.37. The number of hydrogen-bond acceptors (Lipinski definition) is 3. The van der Waals surface area contributed by atoms with E-state index in [1.807, 2.05) is 11.8 Å². The molecule has 3 N–H and O–H groups in total. The Kier molecular flexibility index (Phi) is 2.23. The van der Waals surface area contributed by atoms with Gasteiger partial charge in [-0.3, -0.25) is 0 Å². The van der Waals surface area contributed by atoms with E-state index < -0.39 is 0 Å². The highest BCUT2D eigenvalue weighted by Crippen LogP contribution is 2.33. The monoisotopic (exact) mass is 180 g/mol. The first kappa shape index (κ1) is 7.95. The number of anilines is 1. The summed E-state index contributed by atoms with van der Waals surface area (Å²) in [6.45, 7) is 1.70. The average Bonchev–Trinajstić information content (AvgIpc) is 2.17. The van der Waals surface area contributed by atoms with E-state index in [2.05, 4.69) is 23.5 Å². The quantitative estimate of drug-likeness (QED) is 0.690. The van der Waals surface area contributed by atoms with Crippen molar-refractivity contribution < 1.29 is 0 Å². The number of nitrogens with one attached hydrogen (secondary N) is 1. The molecule has 0 spiro atoms. The van der Waals surface area contributed by atoms with E-state index in [0.29, 0.717) is 6.54 Å². The van der Waals surface area contributed by atoms with Crippen molar-refractivity contribution in [1.29, 1.82) is 0 Å². The van der Waals surface area contributed by atoms with Gasteiger partial charge < -0.3 is 11.1 Å². The predicted molar refractivity (Wildman–Crippen MR) is 53.5 cm³/mol. The van der Waals surface area contributed by atoms with E-state index in [9.17, 15) is 0 Å². The normalized spacial score (nSPS) is 15.1. The molecule has 0 atom stereocenters. The zero-order chi connectivity index (χ0) is 8.39. The molecule has 0 aromatic heterocycles. The Hall–Kier alpha value is -0.670. The number of benzene rings is 1. The van der Waals surface area contributed by atoms with Crippen LogP contribution in [-0.4, -0.2) is 12.3 Å². The van der Waals surface area contributed by atoms with E-state index in [0.717, 1.165) is 12.3 Å². The molecule has 0 radical (unpaired) electrons. The van der Waals surface area contributed by atoms with Crippen molar-refractivity contribution in [2.24, 2.45) is 5.73 Å². The summed E-state index contributed by atoms with van der Waals surface area (Å²) in [5.41, 5.74) is 8.13. The van der Waals surface area contributed by atoms with E-state index in [1.54, 1.807) is 0 Å². The largest absolute Gasteiger partial charge is 0.383 e. The zero-order valence-corrected chi connectivity index (χ0v) is 7.66. The summed E-state index contributed by atoms with van der Waals surface area (Å²) in [6.07, 6.45) is 0. The smallest absolute Gasteiger partial charge is 0.0481 e. The number of nitrogens with two attached hydrogens (primary N) is 1. The third-order valence-corrected chi connectivity index (χ3v) is 3.16. The molecule has 1 aromatic carbocycles. The van der Waals surface area contributed by atoms with Crippen LogP contribution in [0, 0.1) is 0 Å². The van der Waals surface area contributed by atoms with Gasteiger partial charge in [0.05, 0.1) is 0 Å². The molecule has 3 heteroatoms. The van der Waals surface area contributed by atoms with Crippen LogP contribution in [0.4, 0.5) is 5.69 Å². The van der Waals surface area contributed by atoms with E-state index in [4.69, 9.17) is 5.73 Å². The Labute approximate surface area is 76.5 Å². The number of rotatable bonds is 1. The Morgan fingerprint density at radius 2 is 2.42 bits per heavy atom. The molecule has 0 bridgehead atoms. The van der Waals surface area contributed by atoms with Crippen LogP contribution in [0.2, 0.25) is 0 Å². The lowest BCUT2D eigenvalue weighted by atomic mass is 10.2. The van der Waals surface area contributed by atoms with Crippen LogP contribution >= 0.6 is 11.8 Å². The van der Waals surface area contributed by atoms with Gasteiger partial charge in [-0.05, 0) is 11.6 Å². The summed E-state index contributed by atoms with van der Waals surface area (Å²) in [4.78, 5) is 1.34. The first-order chi connectivity index (χ1) is 5.92. The van der Waals surface area contributed by atoms with Gasteiger partial charge in [-0.15, -0.1) is 11.8 Å². The summed E-state index contributed by atoms with van der Waals surface area (Å²) in [7, 11) is 0. The Bertz CT molecular complexity index is 272. The van der Waals surface area contributed by atoms with Crippen LogP contribution in [0.25, 0.3) is 0 Å². The highest BCUT2D eigenvalue weighted by molar-refractivity contribution is 7.99. The lowest BCUT2D eigenvalue weighted by Crippen LogP contribution is -2.12. The maximum atomic E-state index is 5.63. The molecule has 1 aromatic rings. The third kappa shape index (κ3) is 1.30. The highest BCUT2D eigenvalue weighted by Gasteiger charge is 2.11. The van der Waals surface area contributed by atoms with Gasteiger partial charge in [0, 0.05) is 29.4 Å². The van der Waals surface area contributed by atoms with Gasteiger partial charge in [0.15, 0.2) is 0 Å². The Balaban J connectivity index is 2.44. The molecule has 2 rings (SSSR count). The SMILES string of the molecule is NCc1cccc2c1SCCN2. The lowest BCUT2D eigenvalue weighted by molar-refractivity contribution is 1.01. The second-order valence-corrected chi connectivity index (χ2v) is 3.88. The molecule has 2 nitrogen and oxygen atoms in total. The van der Waals surface area contributed by atoms with E-state index >= 15 is 0 Å². The van der Waals surface area contributed by atoms with Crippen LogP contribution in [0.5, 0.6) is 0 Å². The van der Waals surface area contributed by atoms with Gasteiger partial charge in [0.25, 0.3) is 0 Å². The molecule has 1 heterocycles. The molecule has 0 aliphatic carbocycles. The number of hydrogen-bond donors (Lipinski definition) is 2. The molecule has 1 aliphatic heterocycles. The van der Waals surface area contributed by atoms with Gasteiger partial charge in [-0.1, -0.05) is 12.1 Å². The van der Waals surface area contributed by atoms with Gasteiger partial charge in [-0.25, -0.2) is 0 Å². The minimum absolute atomic E-state index is 0.637. The maximum absolute atomic E-state index is 5.63. The van der Waals surface area contributed by atoms with Crippen LogP contribution in [-0.2, 0) is 6.54 Å². The maximum Gasteiger partial charge on any atom is 0.0481 e. The lowest BCUT2D eigenvalue weighted by Gasteiger charge is -2.19. The minimum atomic E-state index is 0.637. The molecule has 0 saturated carbocycles. The van der Waals surface area contributed by atoms with E-state index in [1.165, 1.54) is 16.1 Å². The fourth-order valence-electron chi connectivity index (χ4n) is 1.39. The summed E-state index contributed by atoms with van der Waals surface area (Å²) in [6, 6.07) is 6.26. The van der Waals surface area contributed by atoms with Crippen molar-refractivity contribution in [3.05, 3.63) is 23.8 Å². The van der Waals surface area contributed by atoms with Gasteiger partial charge in [-0.2, -0.15) is 0 Å². The summed E-state index contributed by atoms with van der Waals surface area (Å²) >= 11 is 1.90. The summed E-state index contributed by atoms with van der Waals surface area (Å²) < 4.78 is 0. The second-order valence-electron chi connectivity index (χ2n) is 2.77. The molecule has 1 aliphatic rings. The fraction of sp³-hybridized carbons (Fsp3) is 0.333. The van der Waals surface area contributed by atoms with Crippen molar-refractivity contribution in [2.75, 3.05) is 17.6 Å². The topological polar surface area (TPSA) is 38.0 Å². The minimum Gasteiger partial charge on any atom is -0.383 e. The van der Waals surface area contributed by atoms with Crippen molar-refractivity contribution in [2.45, 2.75) is 11.4 Å². The first-order valence-corrected chi connectivity index (χ1v) is 5.09. The summed E-state index contributed by atoms with van der Waals surface area (Å²) in [5, 5.41) is 3.36. The van der Waals surface area contributed by atoms with Crippen molar-refractivity contribution in [1.82, 2.24) is 0 Å². The van der Waals surface area contributed by atoms with Crippen LogP contribution < -0.4 is 11.1 Å². The molecule has 0 unspecified atom stereocenters. The van der Waals surface area contributed by atoms with Crippen LogP contribution in [0.3, 0.4) is 0 Å². The van der Waals surface area contributed by atoms with Crippen molar-refractivity contribution in [3.63, 3.8) is 0 Å². The number of thioether (sulfide) groups is 1. The van der Waals surface area contributed by atoms with Crippen LogP contribution in [0.1, 0.15) is 5.56 Å². The predicted octanol–water partition coefficient (Wildman–Crippen LogP) is 1.66. The highest BCUT2D eigenvalue weighted by atomic mass is 32.2. The van der Waals surface area contributed by atoms with Crippen molar-refractivity contribution >= 4 is 17.4 Å². The fourth-order valence-corrected chi connectivity index (χ4v) is 2.43. The first-order valence-electron chi connectivity index (χ1n) is 4.10. The third-order valence-electron chi connectivity index (χ3n) is 1.98. The average molecular weight is 180 g/mol. The molecular weight excluding hydrogens is 168 g/mol.